The molecule has 1 unspecified atom stereocenters. The van der Waals surface area contributed by atoms with Crippen molar-refractivity contribution in [3.63, 3.8) is 0 Å². The van der Waals surface area contributed by atoms with E-state index in [1.807, 2.05) is 0 Å². The molecule has 1 aliphatic heterocycles. The molecule has 0 amide bonds. The van der Waals surface area contributed by atoms with Crippen LogP contribution in [-0.4, -0.2) is 19.4 Å². The molecule has 1 atom stereocenters. The van der Waals surface area contributed by atoms with E-state index in [-0.39, 0.29) is 6.23 Å². The molecule has 0 spiro atoms. The molecule has 0 aliphatic carbocycles. The largest absolute Gasteiger partial charge is 0.362 e. The Balaban J connectivity index is 2.02. The van der Waals surface area contributed by atoms with Crippen LogP contribution in [0.1, 0.15) is 32.6 Å². The van der Waals surface area contributed by atoms with E-state index in [0.717, 1.165) is 26.0 Å². The Labute approximate surface area is 63.0 Å². The molecule has 0 N–H and O–H groups in total. The van der Waals surface area contributed by atoms with Crippen LogP contribution in [0.5, 0.6) is 0 Å². The Morgan fingerprint density at radius 3 is 3.00 bits per heavy atom. The third-order valence-electron chi connectivity index (χ3n) is 1.71. The summed E-state index contributed by atoms with van der Waals surface area (Å²) in [7, 11) is 0. The van der Waals surface area contributed by atoms with Crippen LogP contribution in [0.4, 0.5) is 0 Å². The number of rotatable bonds is 3. The lowest BCUT2D eigenvalue weighted by molar-refractivity contribution is 0.00998. The van der Waals surface area contributed by atoms with Gasteiger partial charge < -0.3 is 4.74 Å². The smallest absolute Gasteiger partial charge is 0.123 e. The zero-order valence-electron chi connectivity index (χ0n) is 6.68. The summed E-state index contributed by atoms with van der Waals surface area (Å²) in [5.41, 5.74) is 0. The molecule has 1 radical (unpaired) electrons. The molecule has 0 aromatic heterocycles. The van der Waals surface area contributed by atoms with Gasteiger partial charge in [0.15, 0.2) is 0 Å². The van der Waals surface area contributed by atoms with Gasteiger partial charge in [0.05, 0.1) is 0 Å². The molecule has 59 valence electrons. The van der Waals surface area contributed by atoms with Gasteiger partial charge in [-0.2, -0.15) is 0 Å². The van der Waals surface area contributed by atoms with E-state index in [0.29, 0.717) is 0 Å². The standard InChI is InChI=1S/C8H16NO/c1-2-7-10-8-5-3-4-6-9-8/h8H,2-7H2,1H3. The van der Waals surface area contributed by atoms with Gasteiger partial charge in [0.1, 0.15) is 6.23 Å². The van der Waals surface area contributed by atoms with Gasteiger partial charge in [-0.05, 0) is 25.7 Å². The lowest BCUT2D eigenvalue weighted by Gasteiger charge is -2.21. The van der Waals surface area contributed by atoms with E-state index in [9.17, 15) is 0 Å². The summed E-state index contributed by atoms with van der Waals surface area (Å²) >= 11 is 0. The van der Waals surface area contributed by atoms with Crippen LogP contribution in [0.25, 0.3) is 0 Å². The average molecular weight is 142 g/mol. The van der Waals surface area contributed by atoms with Crippen molar-refractivity contribution in [3.8, 4) is 0 Å². The van der Waals surface area contributed by atoms with Gasteiger partial charge in [0, 0.05) is 13.2 Å². The SMILES string of the molecule is CCCOC1CCCC[N]1. The van der Waals surface area contributed by atoms with Crippen LogP contribution in [0.15, 0.2) is 0 Å². The van der Waals surface area contributed by atoms with Crippen molar-refractivity contribution in [2.24, 2.45) is 0 Å². The van der Waals surface area contributed by atoms with Crippen LogP contribution in [0.3, 0.4) is 0 Å². The van der Waals surface area contributed by atoms with Gasteiger partial charge >= 0.3 is 0 Å². The summed E-state index contributed by atoms with van der Waals surface area (Å²) in [5, 5.41) is 4.34. The third kappa shape index (κ3) is 2.67. The van der Waals surface area contributed by atoms with Gasteiger partial charge in [0.25, 0.3) is 0 Å². The van der Waals surface area contributed by atoms with Gasteiger partial charge in [-0.1, -0.05) is 6.92 Å². The second-order valence-corrected chi connectivity index (χ2v) is 2.73. The molecule has 1 saturated heterocycles. The second kappa shape index (κ2) is 4.69. The fraction of sp³-hybridized carbons (Fsp3) is 1.00. The summed E-state index contributed by atoms with van der Waals surface area (Å²) in [6.07, 6.45) is 5.02. The highest BCUT2D eigenvalue weighted by molar-refractivity contribution is 4.62. The monoisotopic (exact) mass is 142 g/mol. The molecule has 10 heavy (non-hydrogen) atoms. The van der Waals surface area contributed by atoms with Crippen LogP contribution in [0, 0.1) is 0 Å². The highest BCUT2D eigenvalue weighted by Crippen LogP contribution is 2.09. The van der Waals surface area contributed by atoms with Crippen LogP contribution in [-0.2, 0) is 4.74 Å². The minimum atomic E-state index is 0.230. The molecule has 0 aromatic carbocycles. The Hall–Kier alpha value is -0.0800. The van der Waals surface area contributed by atoms with Crippen LogP contribution in [0.2, 0.25) is 0 Å². The summed E-state index contributed by atoms with van der Waals surface area (Å²) < 4.78 is 5.47. The summed E-state index contributed by atoms with van der Waals surface area (Å²) in [6.45, 7) is 4.01. The first-order valence-electron chi connectivity index (χ1n) is 4.21. The maximum absolute atomic E-state index is 5.47. The summed E-state index contributed by atoms with van der Waals surface area (Å²) in [6, 6.07) is 0. The number of hydrogen-bond donors (Lipinski definition) is 0. The first-order chi connectivity index (χ1) is 4.93. The van der Waals surface area contributed by atoms with Crippen molar-refractivity contribution in [2.45, 2.75) is 38.8 Å². The first-order valence-corrected chi connectivity index (χ1v) is 4.21. The Kier molecular flexibility index (Phi) is 3.76. The van der Waals surface area contributed by atoms with Crippen molar-refractivity contribution in [3.05, 3.63) is 0 Å². The number of nitrogens with zero attached hydrogens (tertiary/aromatic N) is 1. The van der Waals surface area contributed by atoms with E-state index >= 15 is 0 Å². The number of ether oxygens (including phenoxy) is 1. The lowest BCUT2D eigenvalue weighted by atomic mass is 10.1. The minimum absolute atomic E-state index is 0.230. The topological polar surface area (TPSA) is 23.3 Å². The predicted molar refractivity (Wildman–Crippen MR) is 40.9 cm³/mol. The zero-order valence-corrected chi connectivity index (χ0v) is 6.68. The van der Waals surface area contributed by atoms with E-state index in [2.05, 4.69) is 12.2 Å². The quantitative estimate of drug-likeness (QED) is 0.586. The molecule has 0 aromatic rings. The third-order valence-corrected chi connectivity index (χ3v) is 1.71. The number of piperidine rings is 1. The Bertz CT molecular complexity index is 79.3. The highest BCUT2D eigenvalue weighted by atomic mass is 16.5. The maximum Gasteiger partial charge on any atom is 0.123 e. The molecule has 2 heteroatoms. The normalized spacial score (nSPS) is 26.7. The van der Waals surface area contributed by atoms with Gasteiger partial charge in [-0.3, -0.25) is 0 Å². The van der Waals surface area contributed by atoms with Gasteiger partial charge in [-0.15, -0.1) is 0 Å². The first kappa shape index (κ1) is 8.02. The van der Waals surface area contributed by atoms with E-state index in [1.165, 1.54) is 12.8 Å². The fourth-order valence-corrected chi connectivity index (χ4v) is 1.15. The highest BCUT2D eigenvalue weighted by Gasteiger charge is 2.12. The average Bonchev–Trinajstić information content (AvgIpc) is 2.03. The van der Waals surface area contributed by atoms with Crippen molar-refractivity contribution < 1.29 is 4.74 Å². The van der Waals surface area contributed by atoms with E-state index in [4.69, 9.17) is 4.74 Å². The summed E-state index contributed by atoms with van der Waals surface area (Å²) in [5.74, 6) is 0. The minimum Gasteiger partial charge on any atom is -0.362 e. The Morgan fingerprint density at radius 1 is 1.50 bits per heavy atom. The molecule has 1 aliphatic rings. The molecular weight excluding hydrogens is 126 g/mol. The Morgan fingerprint density at radius 2 is 2.40 bits per heavy atom. The van der Waals surface area contributed by atoms with Gasteiger partial charge in [0.2, 0.25) is 0 Å². The van der Waals surface area contributed by atoms with Crippen molar-refractivity contribution in [2.75, 3.05) is 13.2 Å². The van der Waals surface area contributed by atoms with Gasteiger partial charge in [-0.25, -0.2) is 5.32 Å². The molecule has 0 bridgehead atoms. The van der Waals surface area contributed by atoms with Crippen molar-refractivity contribution >= 4 is 0 Å². The maximum atomic E-state index is 5.47. The molecule has 1 heterocycles. The molecule has 1 rings (SSSR count). The van der Waals surface area contributed by atoms with E-state index < -0.39 is 0 Å². The fourth-order valence-electron chi connectivity index (χ4n) is 1.15. The lowest BCUT2D eigenvalue weighted by Crippen LogP contribution is -2.30. The second-order valence-electron chi connectivity index (χ2n) is 2.73. The summed E-state index contributed by atoms with van der Waals surface area (Å²) in [4.78, 5) is 0. The molecule has 2 nitrogen and oxygen atoms in total. The molecule has 0 saturated carbocycles. The van der Waals surface area contributed by atoms with Crippen molar-refractivity contribution in [1.82, 2.24) is 5.32 Å². The van der Waals surface area contributed by atoms with E-state index in [1.54, 1.807) is 0 Å². The molecule has 1 fully saturated rings. The van der Waals surface area contributed by atoms with Crippen LogP contribution < -0.4 is 5.32 Å². The zero-order chi connectivity index (χ0) is 7.23. The molecular formula is C8H16NO. The predicted octanol–water partition coefficient (Wildman–Crippen LogP) is 1.53. The number of hydrogen-bond acceptors (Lipinski definition) is 1. The van der Waals surface area contributed by atoms with Crippen molar-refractivity contribution in [1.29, 1.82) is 0 Å². The van der Waals surface area contributed by atoms with Crippen LogP contribution >= 0.6 is 0 Å².